The van der Waals surface area contributed by atoms with Gasteiger partial charge in [0.2, 0.25) is 0 Å². The predicted molar refractivity (Wildman–Crippen MR) is 200 cm³/mol. The van der Waals surface area contributed by atoms with E-state index in [1.807, 2.05) is 120 Å². The summed E-state index contributed by atoms with van der Waals surface area (Å²) < 4.78 is 15.7. The van der Waals surface area contributed by atoms with Crippen LogP contribution >= 0.6 is 27.5 Å². The molecule has 0 atom stereocenters. The third-order valence-corrected chi connectivity index (χ3v) is 8.54. The lowest BCUT2D eigenvalue weighted by Crippen LogP contribution is -2.13. The number of pyridine rings is 2. The van der Waals surface area contributed by atoms with Gasteiger partial charge in [0.15, 0.2) is 10.9 Å². The fraction of sp³-hybridized carbons (Fsp3) is 0.150. The lowest BCUT2D eigenvalue weighted by Gasteiger charge is -2.15. The third-order valence-electron chi connectivity index (χ3n) is 7.79. The molecule has 0 aliphatic rings. The second-order valence-corrected chi connectivity index (χ2v) is 12.5. The van der Waals surface area contributed by atoms with Crippen LogP contribution in [-0.4, -0.2) is 23.4 Å². The Hall–Kier alpha value is -4.85. The Kier molecular flexibility index (Phi) is 11.4. The van der Waals surface area contributed by atoms with E-state index in [9.17, 15) is 9.59 Å². The summed E-state index contributed by atoms with van der Waals surface area (Å²) in [6.07, 6.45) is 8.49. The molecule has 0 aliphatic carbocycles. The van der Waals surface area contributed by atoms with Gasteiger partial charge in [0.05, 0.1) is 14.2 Å². The van der Waals surface area contributed by atoms with Crippen LogP contribution in [0.1, 0.15) is 13.3 Å². The maximum absolute atomic E-state index is 13.3. The van der Waals surface area contributed by atoms with Crippen molar-refractivity contribution in [3.63, 3.8) is 0 Å². The number of aryl methyl sites for hydroxylation is 2. The number of hydrogen-bond acceptors (Lipinski definition) is 4. The van der Waals surface area contributed by atoms with E-state index in [0.29, 0.717) is 33.2 Å². The van der Waals surface area contributed by atoms with Crippen molar-refractivity contribution in [2.24, 2.45) is 7.05 Å². The van der Waals surface area contributed by atoms with E-state index in [0.717, 1.165) is 45.3 Å². The molecule has 6 aromatic rings. The minimum absolute atomic E-state index is 0.0480. The van der Waals surface area contributed by atoms with Crippen LogP contribution in [0.3, 0.4) is 0 Å². The minimum atomic E-state index is -0.0480. The van der Waals surface area contributed by atoms with Crippen molar-refractivity contribution < 1.29 is 9.47 Å². The van der Waals surface area contributed by atoms with Gasteiger partial charge in [-0.05, 0) is 59.5 Å². The molecule has 0 N–H and O–H groups in total. The Morgan fingerprint density at radius 1 is 0.646 bits per heavy atom. The van der Waals surface area contributed by atoms with Crippen LogP contribution in [-0.2, 0) is 13.6 Å². The Morgan fingerprint density at radius 2 is 1.25 bits per heavy atom. The molecular weight excluding hydrogens is 688 g/mol. The summed E-state index contributed by atoms with van der Waals surface area (Å²) in [7, 11) is 5.13. The maximum Gasteiger partial charge on any atom is 0.197 e. The molecule has 4 aromatic carbocycles. The van der Waals surface area contributed by atoms with Crippen LogP contribution in [0.25, 0.3) is 44.5 Å². The molecule has 0 aliphatic heterocycles. The smallest absolute Gasteiger partial charge is 0.197 e. The number of benzene rings is 4. The molecule has 6 nitrogen and oxygen atoms in total. The minimum Gasteiger partial charge on any atom is -0.497 e. The van der Waals surface area contributed by atoms with Crippen LogP contribution < -0.4 is 20.3 Å². The van der Waals surface area contributed by atoms with Gasteiger partial charge < -0.3 is 18.6 Å². The van der Waals surface area contributed by atoms with Gasteiger partial charge in [0.1, 0.15) is 11.5 Å². The average molecular weight is 724 g/mol. The summed E-state index contributed by atoms with van der Waals surface area (Å²) in [5, 5.41) is 0.639. The topological polar surface area (TPSA) is 62.5 Å². The van der Waals surface area contributed by atoms with Crippen molar-refractivity contribution >= 4 is 27.5 Å². The van der Waals surface area contributed by atoms with Crippen LogP contribution in [0.15, 0.2) is 136 Å². The van der Waals surface area contributed by atoms with Gasteiger partial charge in [0.25, 0.3) is 0 Å². The molecule has 0 saturated carbocycles. The quantitative estimate of drug-likeness (QED) is 0.157. The van der Waals surface area contributed by atoms with E-state index >= 15 is 0 Å². The van der Waals surface area contributed by atoms with Gasteiger partial charge in [-0.1, -0.05) is 89.1 Å². The van der Waals surface area contributed by atoms with Crippen molar-refractivity contribution in [1.29, 1.82) is 0 Å². The van der Waals surface area contributed by atoms with E-state index < -0.39 is 0 Å². The fourth-order valence-electron chi connectivity index (χ4n) is 5.46. The van der Waals surface area contributed by atoms with Gasteiger partial charge in [-0.3, -0.25) is 9.59 Å². The highest BCUT2D eigenvalue weighted by molar-refractivity contribution is 9.10. The number of nitrogens with zero attached hydrogens (tertiary/aromatic N) is 2. The molecule has 2 heterocycles. The molecule has 0 radical (unpaired) electrons. The van der Waals surface area contributed by atoms with Crippen molar-refractivity contribution in [2.45, 2.75) is 19.9 Å². The molecular formula is C40H36BrClN2O4. The van der Waals surface area contributed by atoms with E-state index in [4.69, 9.17) is 21.1 Å². The number of halogens is 2. The number of aromatic nitrogens is 2. The Bertz CT molecular complexity index is 2140. The van der Waals surface area contributed by atoms with Gasteiger partial charge in [-0.25, -0.2) is 0 Å². The molecule has 0 amide bonds. The molecule has 0 unspecified atom stereocenters. The van der Waals surface area contributed by atoms with E-state index in [2.05, 4.69) is 22.9 Å². The van der Waals surface area contributed by atoms with Gasteiger partial charge in [0, 0.05) is 81.8 Å². The van der Waals surface area contributed by atoms with Crippen LogP contribution in [0.2, 0.25) is 5.02 Å². The maximum atomic E-state index is 13.3. The van der Waals surface area contributed by atoms with Crippen LogP contribution in [0.5, 0.6) is 11.5 Å². The van der Waals surface area contributed by atoms with Crippen LogP contribution in [0, 0.1) is 0 Å². The average Bonchev–Trinajstić information content (AvgIpc) is 3.10. The first kappa shape index (κ1) is 34.5. The summed E-state index contributed by atoms with van der Waals surface area (Å²) in [5.74, 6) is 1.28. The Labute approximate surface area is 293 Å². The first-order chi connectivity index (χ1) is 23.2. The Balaban J connectivity index is 0.000000194. The summed E-state index contributed by atoms with van der Waals surface area (Å²) in [6, 6.07) is 30.4. The van der Waals surface area contributed by atoms with E-state index in [-0.39, 0.29) is 10.9 Å². The van der Waals surface area contributed by atoms with Gasteiger partial charge in [-0.2, -0.15) is 0 Å². The first-order valence-corrected chi connectivity index (χ1v) is 16.6. The number of ether oxygens (including phenoxy) is 2. The molecule has 0 spiro atoms. The van der Waals surface area contributed by atoms with E-state index in [1.54, 1.807) is 32.4 Å². The van der Waals surface area contributed by atoms with E-state index in [1.165, 1.54) is 0 Å². The van der Waals surface area contributed by atoms with Crippen molar-refractivity contribution in [3.8, 4) is 56.0 Å². The predicted octanol–water partition coefficient (Wildman–Crippen LogP) is 9.74. The zero-order valence-electron chi connectivity index (χ0n) is 27.2. The molecule has 6 rings (SSSR count). The number of methoxy groups -OCH3 is 2. The molecule has 0 bridgehead atoms. The highest BCUT2D eigenvalue weighted by Crippen LogP contribution is 2.33. The second kappa shape index (κ2) is 15.8. The highest BCUT2D eigenvalue weighted by atomic mass is 79.9. The summed E-state index contributed by atoms with van der Waals surface area (Å²) >= 11 is 9.46. The summed E-state index contributed by atoms with van der Waals surface area (Å²) in [4.78, 5) is 26.1. The molecule has 2 aromatic heterocycles. The van der Waals surface area contributed by atoms with Crippen molar-refractivity contribution in [1.82, 2.24) is 9.13 Å². The number of hydrogen-bond donors (Lipinski definition) is 0. The summed E-state index contributed by atoms with van der Waals surface area (Å²) in [6.45, 7) is 2.92. The normalized spacial score (nSPS) is 10.6. The lowest BCUT2D eigenvalue weighted by molar-refractivity contribution is 0.395. The first-order valence-electron chi connectivity index (χ1n) is 15.5. The van der Waals surface area contributed by atoms with Crippen molar-refractivity contribution in [3.05, 3.63) is 152 Å². The van der Waals surface area contributed by atoms with Gasteiger partial charge in [-0.15, -0.1) is 0 Å². The third kappa shape index (κ3) is 7.98. The SMILES string of the molecule is CCCn1cc(-c2ccc(Cl)cc2)c(=O)c(-c2ccc(OC)cc2OC)c1.Cn1cc(-c2ccccc2)c(=O)c(-c2cccc(Br)c2)c1. The largest absolute Gasteiger partial charge is 0.497 e. The molecule has 0 saturated heterocycles. The van der Waals surface area contributed by atoms with Crippen LogP contribution in [0.4, 0.5) is 0 Å². The molecule has 48 heavy (non-hydrogen) atoms. The molecule has 244 valence electrons. The Morgan fingerprint density at radius 3 is 1.90 bits per heavy atom. The lowest BCUT2D eigenvalue weighted by atomic mass is 10.00. The second-order valence-electron chi connectivity index (χ2n) is 11.2. The zero-order valence-corrected chi connectivity index (χ0v) is 29.6. The number of rotatable bonds is 8. The summed E-state index contributed by atoms with van der Waals surface area (Å²) in [5.41, 5.74) is 6.09. The standard InChI is InChI=1S/C22H22ClNO3.C18H14BrNO/c1-4-11-24-13-19(15-5-7-16(23)8-6-15)22(25)20(14-24)18-10-9-17(26-2)12-21(18)27-3;1-20-11-16(13-6-3-2-4-7-13)18(21)17(12-20)14-8-5-9-15(19)10-14/h5-10,12-14H,4,11H2,1-3H3;2-12H,1H3. The van der Waals surface area contributed by atoms with Crippen molar-refractivity contribution in [2.75, 3.05) is 14.2 Å². The fourth-order valence-corrected chi connectivity index (χ4v) is 5.98. The molecule has 0 fully saturated rings. The van der Waals surface area contributed by atoms with Gasteiger partial charge >= 0.3 is 0 Å². The monoisotopic (exact) mass is 722 g/mol. The highest BCUT2D eigenvalue weighted by Gasteiger charge is 2.16. The zero-order chi connectivity index (χ0) is 34.2. The molecule has 8 heteroatoms.